The maximum atomic E-state index is 10.9. The van der Waals surface area contributed by atoms with Gasteiger partial charge in [0.15, 0.2) is 0 Å². The van der Waals surface area contributed by atoms with Crippen molar-refractivity contribution in [2.45, 2.75) is 0 Å². The number of nitrogens with zero attached hydrogens (tertiary/aromatic N) is 2. The predicted octanol–water partition coefficient (Wildman–Crippen LogP) is 2.91. The molecule has 0 fully saturated rings. The van der Waals surface area contributed by atoms with Gasteiger partial charge in [0, 0.05) is 16.1 Å². The van der Waals surface area contributed by atoms with Crippen LogP contribution in [0.25, 0.3) is 10.9 Å². The quantitative estimate of drug-likeness (QED) is 0.628. The van der Waals surface area contributed by atoms with Crippen molar-refractivity contribution in [1.29, 1.82) is 0 Å². The minimum atomic E-state index is -0.467. The number of benzene rings is 1. The van der Waals surface area contributed by atoms with E-state index in [1.54, 1.807) is 12.1 Å². The van der Waals surface area contributed by atoms with E-state index in [-0.39, 0.29) is 5.69 Å². The molecule has 0 aliphatic heterocycles. The van der Waals surface area contributed by atoms with Gasteiger partial charge in [0.1, 0.15) is 11.3 Å². The zero-order valence-corrected chi connectivity index (χ0v) is 9.89. The van der Waals surface area contributed by atoms with Gasteiger partial charge >= 0.3 is 0 Å². The number of non-ortho nitro benzene ring substituents is 1. The minimum Gasteiger partial charge on any atom is -0.496 e. The molecule has 0 bridgehead atoms. The summed E-state index contributed by atoms with van der Waals surface area (Å²) in [5.74, 6) is 0.444. The summed E-state index contributed by atoms with van der Waals surface area (Å²) in [6.45, 7) is 0. The number of hydrogen-bond acceptors (Lipinski definition) is 4. The van der Waals surface area contributed by atoms with Crippen LogP contribution in [0.2, 0.25) is 0 Å². The second kappa shape index (κ2) is 4.05. The van der Waals surface area contributed by atoms with Crippen molar-refractivity contribution in [1.82, 2.24) is 4.98 Å². The lowest BCUT2D eigenvalue weighted by Gasteiger charge is -2.03. The van der Waals surface area contributed by atoms with Crippen LogP contribution in [-0.2, 0) is 0 Å². The maximum absolute atomic E-state index is 10.9. The van der Waals surface area contributed by atoms with Crippen LogP contribution in [0.3, 0.4) is 0 Å². The Balaban J connectivity index is 2.81. The van der Waals surface area contributed by atoms with Crippen molar-refractivity contribution in [3.8, 4) is 5.75 Å². The van der Waals surface area contributed by atoms with E-state index >= 15 is 0 Å². The Morgan fingerprint density at radius 1 is 1.44 bits per heavy atom. The first-order valence-electron chi connectivity index (χ1n) is 4.39. The number of hydrogen-bond donors (Lipinski definition) is 0. The van der Waals surface area contributed by atoms with Crippen LogP contribution in [0.4, 0.5) is 5.69 Å². The molecule has 0 aliphatic carbocycles. The number of nitro groups is 1. The van der Waals surface area contributed by atoms with Crippen molar-refractivity contribution < 1.29 is 9.66 Å². The SMILES string of the molecule is COc1cc([N+](=O)[O-])c2ncc(Br)cc2c1. The number of halogens is 1. The van der Waals surface area contributed by atoms with E-state index < -0.39 is 4.92 Å². The Morgan fingerprint density at radius 2 is 2.19 bits per heavy atom. The molecule has 1 aromatic heterocycles. The van der Waals surface area contributed by atoms with Gasteiger partial charge in [-0.1, -0.05) is 0 Å². The number of methoxy groups -OCH3 is 1. The number of fused-ring (bicyclic) bond motifs is 1. The highest BCUT2D eigenvalue weighted by Crippen LogP contribution is 2.30. The standard InChI is InChI=1S/C10H7BrN2O3/c1-16-8-3-6-2-7(11)5-12-10(6)9(4-8)13(14)15/h2-5H,1H3. The lowest BCUT2D eigenvalue weighted by atomic mass is 10.2. The van der Waals surface area contributed by atoms with Crippen molar-refractivity contribution in [3.05, 3.63) is 39.0 Å². The summed E-state index contributed by atoms with van der Waals surface area (Å²) in [5.41, 5.74) is 0.302. The Labute approximate surface area is 99.3 Å². The number of nitro benzene ring substituents is 1. The van der Waals surface area contributed by atoms with E-state index in [9.17, 15) is 10.1 Å². The first-order chi connectivity index (χ1) is 7.61. The molecular formula is C10H7BrN2O3. The van der Waals surface area contributed by atoms with Crippen LogP contribution in [0.15, 0.2) is 28.9 Å². The molecule has 0 saturated heterocycles. The molecule has 0 radical (unpaired) electrons. The summed E-state index contributed by atoms with van der Waals surface area (Å²) in [6.07, 6.45) is 1.53. The summed E-state index contributed by atoms with van der Waals surface area (Å²) < 4.78 is 5.77. The molecule has 2 aromatic rings. The Kier molecular flexibility index (Phi) is 2.74. The summed E-state index contributed by atoms with van der Waals surface area (Å²) in [4.78, 5) is 14.4. The number of pyridine rings is 1. The molecule has 0 atom stereocenters. The van der Waals surface area contributed by atoms with Gasteiger partial charge in [0.25, 0.3) is 5.69 Å². The van der Waals surface area contributed by atoms with Crippen molar-refractivity contribution in [3.63, 3.8) is 0 Å². The first-order valence-corrected chi connectivity index (χ1v) is 5.19. The lowest BCUT2D eigenvalue weighted by Crippen LogP contribution is -1.93. The second-order valence-corrected chi connectivity index (χ2v) is 4.04. The van der Waals surface area contributed by atoms with Gasteiger partial charge in [-0.05, 0) is 28.1 Å². The summed E-state index contributed by atoms with van der Waals surface area (Å²) in [6, 6.07) is 4.83. The van der Waals surface area contributed by atoms with E-state index in [1.165, 1.54) is 19.4 Å². The molecule has 6 heteroatoms. The van der Waals surface area contributed by atoms with Gasteiger partial charge in [-0.15, -0.1) is 0 Å². The average molecular weight is 283 g/mol. The van der Waals surface area contributed by atoms with Gasteiger partial charge in [-0.25, -0.2) is 4.98 Å². The third-order valence-corrected chi connectivity index (χ3v) is 2.57. The zero-order chi connectivity index (χ0) is 11.7. The highest BCUT2D eigenvalue weighted by molar-refractivity contribution is 9.10. The number of aromatic nitrogens is 1. The van der Waals surface area contributed by atoms with E-state index in [2.05, 4.69) is 20.9 Å². The Bertz CT molecular complexity index is 571. The van der Waals surface area contributed by atoms with E-state index in [0.29, 0.717) is 16.7 Å². The molecule has 0 unspecified atom stereocenters. The zero-order valence-electron chi connectivity index (χ0n) is 8.31. The highest BCUT2D eigenvalue weighted by Gasteiger charge is 2.15. The second-order valence-electron chi connectivity index (χ2n) is 3.13. The lowest BCUT2D eigenvalue weighted by molar-refractivity contribution is -0.383. The number of rotatable bonds is 2. The van der Waals surface area contributed by atoms with Gasteiger partial charge in [0.05, 0.1) is 18.1 Å². The molecule has 82 valence electrons. The van der Waals surface area contributed by atoms with Crippen LogP contribution >= 0.6 is 15.9 Å². The third kappa shape index (κ3) is 1.83. The summed E-state index contributed by atoms with van der Waals surface area (Å²) >= 11 is 3.27. The van der Waals surface area contributed by atoms with Gasteiger partial charge in [0.2, 0.25) is 0 Å². The van der Waals surface area contributed by atoms with Crippen LogP contribution in [0.1, 0.15) is 0 Å². The number of ether oxygens (including phenoxy) is 1. The van der Waals surface area contributed by atoms with Crippen molar-refractivity contribution >= 4 is 32.5 Å². The molecule has 16 heavy (non-hydrogen) atoms. The summed E-state index contributed by atoms with van der Waals surface area (Å²) in [7, 11) is 1.47. The topological polar surface area (TPSA) is 65.3 Å². The molecule has 0 N–H and O–H groups in total. The maximum Gasteiger partial charge on any atom is 0.299 e. The molecule has 2 rings (SSSR count). The molecule has 1 aromatic carbocycles. The molecule has 0 amide bonds. The van der Waals surface area contributed by atoms with E-state index in [0.717, 1.165) is 4.47 Å². The van der Waals surface area contributed by atoms with Crippen LogP contribution < -0.4 is 4.74 Å². The fourth-order valence-corrected chi connectivity index (χ4v) is 1.78. The third-order valence-electron chi connectivity index (χ3n) is 2.14. The molecular weight excluding hydrogens is 276 g/mol. The van der Waals surface area contributed by atoms with Crippen LogP contribution in [0, 0.1) is 10.1 Å². The fraction of sp³-hybridized carbons (Fsp3) is 0.100. The van der Waals surface area contributed by atoms with Gasteiger partial charge < -0.3 is 4.74 Å². The highest BCUT2D eigenvalue weighted by atomic mass is 79.9. The molecule has 0 spiro atoms. The monoisotopic (exact) mass is 282 g/mol. The molecule has 0 aliphatic rings. The molecule has 1 heterocycles. The van der Waals surface area contributed by atoms with E-state index in [4.69, 9.17) is 4.74 Å². The first kappa shape index (κ1) is 10.8. The van der Waals surface area contributed by atoms with Crippen molar-refractivity contribution in [2.75, 3.05) is 7.11 Å². The molecule has 5 nitrogen and oxygen atoms in total. The van der Waals surface area contributed by atoms with Crippen molar-refractivity contribution in [2.24, 2.45) is 0 Å². The summed E-state index contributed by atoms with van der Waals surface area (Å²) in [5, 5.41) is 11.5. The van der Waals surface area contributed by atoms with Gasteiger partial charge in [-0.2, -0.15) is 0 Å². The fourth-order valence-electron chi connectivity index (χ4n) is 1.43. The van der Waals surface area contributed by atoms with Gasteiger partial charge in [-0.3, -0.25) is 10.1 Å². The van der Waals surface area contributed by atoms with Crippen LogP contribution in [0.5, 0.6) is 5.75 Å². The molecule has 0 saturated carbocycles. The van der Waals surface area contributed by atoms with Crippen LogP contribution in [-0.4, -0.2) is 17.0 Å². The normalized spacial score (nSPS) is 10.4. The largest absolute Gasteiger partial charge is 0.496 e. The predicted molar refractivity (Wildman–Crippen MR) is 62.6 cm³/mol. The Hall–Kier alpha value is -1.69. The van der Waals surface area contributed by atoms with E-state index in [1.807, 2.05) is 0 Å². The smallest absolute Gasteiger partial charge is 0.299 e. The Morgan fingerprint density at radius 3 is 2.81 bits per heavy atom. The minimum absolute atomic E-state index is 0.0538. The average Bonchev–Trinajstić information content (AvgIpc) is 2.26.